The molecule has 4 heteroatoms. The van der Waals surface area contributed by atoms with Gasteiger partial charge >= 0.3 is 0 Å². The summed E-state index contributed by atoms with van der Waals surface area (Å²) in [4.78, 5) is 12.5. The molecule has 1 heterocycles. The summed E-state index contributed by atoms with van der Waals surface area (Å²) in [6, 6.07) is -0.380. The third kappa shape index (κ3) is 1.68. The molecule has 1 amide bonds. The van der Waals surface area contributed by atoms with Gasteiger partial charge in [0.2, 0.25) is 5.91 Å². The number of likely N-dealkylation sites (N-methyl/N-ethyl adjacent to an activating group) is 1. The largest absolute Gasteiger partial charge is 0.368 e. The molecular formula is C7H13FN2O. The van der Waals surface area contributed by atoms with E-state index in [1.807, 2.05) is 6.92 Å². The van der Waals surface area contributed by atoms with Crippen LogP contribution in [0, 0.1) is 0 Å². The molecule has 0 aromatic heterocycles. The Morgan fingerprint density at radius 3 is 2.82 bits per heavy atom. The molecule has 0 saturated carbocycles. The molecule has 0 aromatic rings. The zero-order chi connectivity index (χ0) is 8.43. The molecular weight excluding hydrogens is 147 g/mol. The van der Waals surface area contributed by atoms with E-state index in [-0.39, 0.29) is 12.5 Å². The quantitative estimate of drug-likeness (QED) is 0.613. The van der Waals surface area contributed by atoms with Crippen molar-refractivity contribution >= 4 is 5.91 Å². The minimum atomic E-state index is -0.882. The Morgan fingerprint density at radius 1 is 1.82 bits per heavy atom. The second kappa shape index (κ2) is 3.17. The summed E-state index contributed by atoms with van der Waals surface area (Å²) >= 11 is 0. The Kier molecular flexibility index (Phi) is 2.44. The predicted molar refractivity (Wildman–Crippen MR) is 39.7 cm³/mol. The summed E-state index contributed by atoms with van der Waals surface area (Å²) in [5.74, 6) is -0.410. The van der Waals surface area contributed by atoms with Crippen LogP contribution in [0.5, 0.6) is 0 Å². The summed E-state index contributed by atoms with van der Waals surface area (Å²) in [5, 5.41) is 0. The zero-order valence-electron chi connectivity index (χ0n) is 6.59. The monoisotopic (exact) mass is 160 g/mol. The van der Waals surface area contributed by atoms with E-state index >= 15 is 0 Å². The zero-order valence-corrected chi connectivity index (χ0v) is 6.59. The molecule has 0 spiro atoms. The van der Waals surface area contributed by atoms with Crippen LogP contribution in [-0.4, -0.2) is 36.1 Å². The van der Waals surface area contributed by atoms with Gasteiger partial charge in [-0.3, -0.25) is 9.69 Å². The van der Waals surface area contributed by atoms with Gasteiger partial charge in [-0.1, -0.05) is 6.92 Å². The first-order valence-electron chi connectivity index (χ1n) is 3.82. The van der Waals surface area contributed by atoms with E-state index in [1.54, 1.807) is 4.90 Å². The lowest BCUT2D eigenvalue weighted by Crippen LogP contribution is -2.39. The molecule has 0 radical (unpaired) electrons. The number of nitrogens with two attached hydrogens (primary N) is 1. The maximum atomic E-state index is 12.7. The molecule has 0 aliphatic carbocycles. The summed E-state index contributed by atoms with van der Waals surface area (Å²) in [6.45, 7) is 2.94. The topological polar surface area (TPSA) is 46.3 Å². The number of carbonyl (C=O) groups excluding carboxylic acids is 1. The third-order valence-electron chi connectivity index (χ3n) is 2.09. The number of carbonyl (C=O) groups is 1. The number of hydrogen-bond donors (Lipinski definition) is 1. The van der Waals surface area contributed by atoms with Gasteiger partial charge in [0.15, 0.2) is 0 Å². The third-order valence-corrected chi connectivity index (χ3v) is 2.09. The van der Waals surface area contributed by atoms with Crippen LogP contribution in [0.4, 0.5) is 4.39 Å². The summed E-state index contributed by atoms with van der Waals surface area (Å²) in [7, 11) is 0. The highest BCUT2D eigenvalue weighted by Crippen LogP contribution is 2.19. The number of rotatable bonds is 2. The van der Waals surface area contributed by atoms with Crippen LogP contribution in [0.1, 0.15) is 13.3 Å². The lowest BCUT2D eigenvalue weighted by atomic mass is 10.2. The van der Waals surface area contributed by atoms with Gasteiger partial charge in [-0.25, -0.2) is 4.39 Å². The molecule has 2 N–H and O–H groups in total. The van der Waals surface area contributed by atoms with Crippen LogP contribution < -0.4 is 5.73 Å². The Labute approximate surface area is 65.3 Å². The summed E-state index contributed by atoms with van der Waals surface area (Å²) in [5.41, 5.74) is 5.08. The average Bonchev–Trinajstić information content (AvgIpc) is 2.30. The second-order valence-corrected chi connectivity index (χ2v) is 2.84. The van der Waals surface area contributed by atoms with Crippen molar-refractivity contribution in [3.05, 3.63) is 0 Å². The van der Waals surface area contributed by atoms with Gasteiger partial charge in [-0.05, 0) is 6.54 Å². The van der Waals surface area contributed by atoms with Crippen molar-refractivity contribution in [2.24, 2.45) is 5.73 Å². The molecule has 0 aromatic carbocycles. The number of alkyl halides is 1. The molecule has 2 unspecified atom stereocenters. The molecule has 1 aliphatic rings. The lowest BCUT2D eigenvalue weighted by Gasteiger charge is -2.18. The van der Waals surface area contributed by atoms with E-state index in [0.29, 0.717) is 13.1 Å². The van der Waals surface area contributed by atoms with Crippen molar-refractivity contribution in [1.29, 1.82) is 0 Å². The molecule has 2 atom stereocenters. The van der Waals surface area contributed by atoms with E-state index in [4.69, 9.17) is 5.73 Å². The van der Waals surface area contributed by atoms with E-state index in [0.717, 1.165) is 0 Å². The maximum absolute atomic E-state index is 12.7. The number of amides is 1. The second-order valence-electron chi connectivity index (χ2n) is 2.84. The molecule has 1 saturated heterocycles. The molecule has 1 fully saturated rings. The SMILES string of the molecule is CCN1CC(F)CC1C(N)=O. The standard InChI is InChI=1S/C7H13FN2O/c1-2-10-4-5(8)3-6(10)7(9)11/h5-6H,2-4H2,1H3,(H2,9,11). The van der Waals surface area contributed by atoms with Gasteiger partial charge in [0.1, 0.15) is 6.17 Å². The van der Waals surface area contributed by atoms with Gasteiger partial charge in [-0.2, -0.15) is 0 Å². The van der Waals surface area contributed by atoms with Crippen LogP contribution >= 0.6 is 0 Å². The normalized spacial score (nSPS) is 32.5. The maximum Gasteiger partial charge on any atom is 0.234 e. The Bertz CT molecular complexity index is 163. The smallest absolute Gasteiger partial charge is 0.234 e. The molecule has 64 valence electrons. The number of hydrogen-bond acceptors (Lipinski definition) is 2. The molecule has 1 aliphatic heterocycles. The molecule has 3 nitrogen and oxygen atoms in total. The van der Waals surface area contributed by atoms with Gasteiger partial charge in [0, 0.05) is 13.0 Å². The van der Waals surface area contributed by atoms with Crippen LogP contribution in [0.15, 0.2) is 0 Å². The fourth-order valence-corrected chi connectivity index (χ4v) is 1.49. The minimum absolute atomic E-state index is 0.267. The highest BCUT2D eigenvalue weighted by Gasteiger charge is 2.34. The van der Waals surface area contributed by atoms with Crippen molar-refractivity contribution in [3.63, 3.8) is 0 Å². The summed E-state index contributed by atoms with van der Waals surface area (Å²) < 4.78 is 12.7. The highest BCUT2D eigenvalue weighted by molar-refractivity contribution is 5.80. The molecule has 0 bridgehead atoms. The van der Waals surface area contributed by atoms with Crippen LogP contribution in [0.2, 0.25) is 0 Å². The fourth-order valence-electron chi connectivity index (χ4n) is 1.49. The van der Waals surface area contributed by atoms with Crippen molar-refractivity contribution in [1.82, 2.24) is 4.90 Å². The number of primary amides is 1. The number of nitrogens with zero attached hydrogens (tertiary/aromatic N) is 1. The van der Waals surface area contributed by atoms with Crippen LogP contribution in [-0.2, 0) is 4.79 Å². The van der Waals surface area contributed by atoms with E-state index < -0.39 is 12.1 Å². The molecule has 11 heavy (non-hydrogen) atoms. The Morgan fingerprint density at radius 2 is 2.45 bits per heavy atom. The van der Waals surface area contributed by atoms with E-state index in [1.165, 1.54) is 0 Å². The van der Waals surface area contributed by atoms with Crippen molar-refractivity contribution in [2.45, 2.75) is 25.6 Å². The molecule has 1 rings (SSSR count). The predicted octanol–water partition coefficient (Wildman–Crippen LogP) is -0.0960. The Hall–Kier alpha value is -0.640. The van der Waals surface area contributed by atoms with E-state index in [2.05, 4.69) is 0 Å². The lowest BCUT2D eigenvalue weighted by molar-refractivity contribution is -0.122. The first-order chi connectivity index (χ1) is 5.15. The van der Waals surface area contributed by atoms with Crippen molar-refractivity contribution in [2.75, 3.05) is 13.1 Å². The first kappa shape index (κ1) is 8.46. The summed E-state index contributed by atoms with van der Waals surface area (Å²) in [6.07, 6.45) is -0.615. The van der Waals surface area contributed by atoms with Gasteiger partial charge in [0.05, 0.1) is 6.04 Å². The Balaban J connectivity index is 2.57. The highest BCUT2D eigenvalue weighted by atomic mass is 19.1. The van der Waals surface area contributed by atoms with Gasteiger partial charge in [0.25, 0.3) is 0 Å². The van der Waals surface area contributed by atoms with Crippen molar-refractivity contribution < 1.29 is 9.18 Å². The van der Waals surface area contributed by atoms with Crippen molar-refractivity contribution in [3.8, 4) is 0 Å². The van der Waals surface area contributed by atoms with Crippen LogP contribution in [0.3, 0.4) is 0 Å². The first-order valence-corrected chi connectivity index (χ1v) is 3.82. The fraction of sp³-hybridized carbons (Fsp3) is 0.857. The van der Waals surface area contributed by atoms with Gasteiger partial charge < -0.3 is 5.73 Å². The number of halogens is 1. The number of likely N-dealkylation sites (tertiary alicyclic amines) is 1. The van der Waals surface area contributed by atoms with Gasteiger partial charge in [-0.15, -0.1) is 0 Å². The van der Waals surface area contributed by atoms with Crippen LogP contribution in [0.25, 0.3) is 0 Å². The van der Waals surface area contributed by atoms with E-state index in [9.17, 15) is 9.18 Å². The average molecular weight is 160 g/mol. The minimum Gasteiger partial charge on any atom is -0.368 e.